The maximum Gasteiger partial charge on any atom is 0.109 e. The second-order valence-electron chi connectivity index (χ2n) is 5.16. The Hall–Kier alpha value is -1.19. The van der Waals surface area contributed by atoms with Gasteiger partial charge in [-0.15, -0.1) is 11.3 Å². The van der Waals surface area contributed by atoms with Gasteiger partial charge in [0, 0.05) is 17.1 Å². The van der Waals surface area contributed by atoms with Gasteiger partial charge in [0.1, 0.15) is 5.01 Å². The second-order valence-corrected chi connectivity index (χ2v) is 6.31. The van der Waals surface area contributed by atoms with Gasteiger partial charge in [0.05, 0.1) is 6.04 Å². The van der Waals surface area contributed by atoms with Crippen molar-refractivity contribution < 1.29 is 0 Å². The van der Waals surface area contributed by atoms with Crippen LogP contribution in [-0.4, -0.2) is 4.98 Å². The van der Waals surface area contributed by atoms with Crippen molar-refractivity contribution in [2.45, 2.75) is 52.1 Å². The third kappa shape index (κ3) is 3.90. The molecule has 3 heteroatoms. The fourth-order valence-corrected chi connectivity index (χ4v) is 3.25. The Morgan fingerprint density at radius 2 is 1.95 bits per heavy atom. The molecule has 0 bridgehead atoms. The molecular weight excluding hydrogens is 264 g/mol. The Kier molecular flexibility index (Phi) is 5.74. The first-order valence-corrected chi connectivity index (χ1v) is 8.31. The number of hydrogen-bond acceptors (Lipinski definition) is 3. The van der Waals surface area contributed by atoms with Gasteiger partial charge in [-0.1, -0.05) is 50.6 Å². The molecular formula is C17H24N2S. The molecule has 0 aliphatic carbocycles. The number of nitrogens with zero attached hydrogens (tertiary/aromatic N) is 1. The highest BCUT2D eigenvalue weighted by atomic mass is 32.1. The number of benzene rings is 1. The molecule has 2 unspecified atom stereocenters. The summed E-state index contributed by atoms with van der Waals surface area (Å²) in [6.07, 6.45) is 5.41. The van der Waals surface area contributed by atoms with E-state index in [0.717, 1.165) is 12.8 Å². The highest BCUT2D eigenvalue weighted by Crippen LogP contribution is 2.26. The summed E-state index contributed by atoms with van der Waals surface area (Å²) in [5.41, 5.74) is 1.37. The molecule has 108 valence electrons. The molecule has 0 aliphatic heterocycles. The molecule has 0 radical (unpaired) electrons. The lowest BCUT2D eigenvalue weighted by atomic mass is 10.0. The third-order valence-electron chi connectivity index (χ3n) is 3.52. The van der Waals surface area contributed by atoms with Gasteiger partial charge in [-0.3, -0.25) is 0 Å². The van der Waals surface area contributed by atoms with Crippen LogP contribution in [0.15, 0.2) is 36.5 Å². The summed E-state index contributed by atoms with van der Waals surface area (Å²) < 4.78 is 0. The fraction of sp³-hybridized carbons (Fsp3) is 0.471. The van der Waals surface area contributed by atoms with E-state index < -0.39 is 0 Å². The molecule has 2 atom stereocenters. The van der Waals surface area contributed by atoms with E-state index in [2.05, 4.69) is 61.4 Å². The first-order chi connectivity index (χ1) is 9.74. The van der Waals surface area contributed by atoms with E-state index in [1.807, 2.05) is 17.5 Å². The standard InChI is InChI=1S/C17H24N2S/c1-4-9-16(14-10-7-6-8-11-14)19-13(3)17-18-12-15(5-2)20-17/h6-8,10-13,16,19H,4-5,9H2,1-3H3. The lowest BCUT2D eigenvalue weighted by Crippen LogP contribution is -2.24. The molecule has 20 heavy (non-hydrogen) atoms. The zero-order chi connectivity index (χ0) is 14.4. The van der Waals surface area contributed by atoms with Gasteiger partial charge in [0.2, 0.25) is 0 Å². The first-order valence-electron chi connectivity index (χ1n) is 7.50. The first kappa shape index (κ1) is 15.2. The van der Waals surface area contributed by atoms with E-state index >= 15 is 0 Å². The van der Waals surface area contributed by atoms with E-state index in [4.69, 9.17) is 0 Å². The minimum absolute atomic E-state index is 0.303. The number of aromatic nitrogens is 1. The fourth-order valence-electron chi connectivity index (χ4n) is 2.38. The van der Waals surface area contributed by atoms with Crippen LogP contribution in [-0.2, 0) is 6.42 Å². The molecule has 0 saturated carbocycles. The van der Waals surface area contributed by atoms with Crippen LogP contribution in [0, 0.1) is 0 Å². The highest BCUT2D eigenvalue weighted by Gasteiger charge is 2.16. The van der Waals surface area contributed by atoms with Crippen LogP contribution >= 0.6 is 11.3 Å². The van der Waals surface area contributed by atoms with Gasteiger partial charge in [0.15, 0.2) is 0 Å². The number of rotatable bonds is 7. The van der Waals surface area contributed by atoms with Crippen molar-refractivity contribution >= 4 is 11.3 Å². The van der Waals surface area contributed by atoms with Crippen LogP contribution in [0.5, 0.6) is 0 Å². The summed E-state index contributed by atoms with van der Waals surface area (Å²) in [4.78, 5) is 5.91. The van der Waals surface area contributed by atoms with E-state index in [9.17, 15) is 0 Å². The molecule has 0 fully saturated rings. The Morgan fingerprint density at radius 1 is 1.20 bits per heavy atom. The van der Waals surface area contributed by atoms with E-state index in [-0.39, 0.29) is 0 Å². The van der Waals surface area contributed by atoms with Gasteiger partial charge in [0.25, 0.3) is 0 Å². The van der Waals surface area contributed by atoms with Crippen LogP contribution in [0.3, 0.4) is 0 Å². The second kappa shape index (κ2) is 7.55. The Balaban J connectivity index is 2.07. The number of aryl methyl sites for hydroxylation is 1. The van der Waals surface area contributed by atoms with Crippen LogP contribution < -0.4 is 5.32 Å². The molecule has 0 amide bonds. The topological polar surface area (TPSA) is 24.9 Å². The molecule has 0 spiro atoms. The van der Waals surface area contributed by atoms with Gasteiger partial charge in [-0.2, -0.15) is 0 Å². The highest BCUT2D eigenvalue weighted by molar-refractivity contribution is 7.11. The van der Waals surface area contributed by atoms with E-state index in [0.29, 0.717) is 12.1 Å². The minimum Gasteiger partial charge on any atom is -0.301 e. The molecule has 0 aliphatic rings. The average molecular weight is 288 g/mol. The van der Waals surface area contributed by atoms with Gasteiger partial charge < -0.3 is 5.32 Å². The monoisotopic (exact) mass is 288 g/mol. The maximum absolute atomic E-state index is 4.55. The summed E-state index contributed by atoms with van der Waals surface area (Å²) >= 11 is 1.82. The maximum atomic E-state index is 4.55. The van der Waals surface area contributed by atoms with Crippen molar-refractivity contribution in [3.8, 4) is 0 Å². The number of hydrogen-bond donors (Lipinski definition) is 1. The van der Waals surface area contributed by atoms with Crippen LogP contribution in [0.25, 0.3) is 0 Å². The average Bonchev–Trinajstić information content (AvgIpc) is 2.97. The Morgan fingerprint density at radius 3 is 2.55 bits per heavy atom. The lowest BCUT2D eigenvalue weighted by Gasteiger charge is -2.22. The zero-order valence-corrected chi connectivity index (χ0v) is 13.4. The van der Waals surface area contributed by atoms with E-state index in [1.54, 1.807) is 0 Å². The predicted octanol–water partition coefficient (Wildman–Crippen LogP) is 4.90. The summed E-state index contributed by atoms with van der Waals surface area (Å²) in [6.45, 7) is 6.63. The van der Waals surface area contributed by atoms with Crippen molar-refractivity contribution in [1.82, 2.24) is 10.3 Å². The minimum atomic E-state index is 0.303. The van der Waals surface area contributed by atoms with E-state index in [1.165, 1.54) is 21.9 Å². The van der Waals surface area contributed by atoms with Gasteiger partial charge in [-0.25, -0.2) is 4.98 Å². The molecule has 2 nitrogen and oxygen atoms in total. The molecule has 1 N–H and O–H groups in total. The molecule has 1 aromatic heterocycles. The third-order valence-corrected chi connectivity index (χ3v) is 4.85. The van der Waals surface area contributed by atoms with Crippen molar-refractivity contribution in [3.63, 3.8) is 0 Å². The number of nitrogens with one attached hydrogen (secondary N) is 1. The van der Waals surface area contributed by atoms with Crippen LogP contribution in [0.4, 0.5) is 0 Å². The predicted molar refractivity (Wildman–Crippen MR) is 87.1 cm³/mol. The van der Waals surface area contributed by atoms with Crippen LogP contribution in [0.1, 0.15) is 61.1 Å². The molecule has 0 saturated heterocycles. The van der Waals surface area contributed by atoms with Crippen molar-refractivity contribution in [1.29, 1.82) is 0 Å². The van der Waals surface area contributed by atoms with Gasteiger partial charge >= 0.3 is 0 Å². The zero-order valence-electron chi connectivity index (χ0n) is 12.6. The Labute approximate surface area is 126 Å². The largest absolute Gasteiger partial charge is 0.301 e. The Bertz CT molecular complexity index is 507. The summed E-state index contributed by atoms with van der Waals surface area (Å²) in [7, 11) is 0. The summed E-state index contributed by atoms with van der Waals surface area (Å²) in [5, 5.41) is 4.93. The smallest absolute Gasteiger partial charge is 0.109 e. The van der Waals surface area contributed by atoms with Crippen molar-refractivity contribution in [3.05, 3.63) is 52.0 Å². The summed E-state index contributed by atoms with van der Waals surface area (Å²) in [5.74, 6) is 0. The van der Waals surface area contributed by atoms with Crippen LogP contribution in [0.2, 0.25) is 0 Å². The molecule has 2 rings (SSSR count). The molecule has 2 aromatic rings. The van der Waals surface area contributed by atoms with Crippen molar-refractivity contribution in [2.75, 3.05) is 0 Å². The van der Waals surface area contributed by atoms with Crippen molar-refractivity contribution in [2.24, 2.45) is 0 Å². The summed E-state index contributed by atoms with van der Waals surface area (Å²) in [6, 6.07) is 11.4. The normalized spacial score (nSPS) is 14.2. The SMILES string of the molecule is CCCC(NC(C)c1ncc(CC)s1)c1ccccc1. The van der Waals surface area contributed by atoms with Gasteiger partial charge in [-0.05, 0) is 25.3 Å². The lowest BCUT2D eigenvalue weighted by molar-refractivity contribution is 0.438. The molecule has 1 aromatic carbocycles. The molecule has 1 heterocycles. The number of thiazole rings is 1. The quantitative estimate of drug-likeness (QED) is 0.784.